The average molecular weight is 452 g/mol. The molecule has 0 radical (unpaired) electrons. The Morgan fingerprint density at radius 2 is 1.81 bits per heavy atom. The van der Waals surface area contributed by atoms with Crippen LogP contribution in [0.5, 0.6) is 0 Å². The van der Waals surface area contributed by atoms with Crippen LogP contribution in [-0.2, 0) is 19.3 Å². The summed E-state index contributed by atoms with van der Waals surface area (Å²) >= 11 is 1.82. The number of nitro groups is 1. The van der Waals surface area contributed by atoms with Crippen molar-refractivity contribution in [3.8, 4) is 0 Å². The first-order valence-electron chi connectivity index (χ1n) is 11.1. The van der Waals surface area contributed by atoms with Gasteiger partial charge < -0.3 is 9.80 Å². The fourth-order valence-corrected chi connectivity index (χ4v) is 5.87. The third-order valence-corrected chi connectivity index (χ3v) is 7.54. The number of piperazine rings is 1. The molecule has 1 aliphatic carbocycles. The standard InChI is InChI=1S/C23H25N5O3S/c1-2-19-24-21(20-17-5-3-4-6-18(17)32-22(20)25-19)26-11-13-27(14-12-26)23(29)15-7-9-16(10-8-15)28(30)31/h7-10H,2-6,11-14H2,1H3. The van der Waals surface area contributed by atoms with Crippen molar-refractivity contribution in [1.82, 2.24) is 14.9 Å². The molecule has 5 rings (SSSR count). The molecule has 8 nitrogen and oxygen atoms in total. The van der Waals surface area contributed by atoms with E-state index in [0.717, 1.165) is 35.7 Å². The zero-order chi connectivity index (χ0) is 22.2. The van der Waals surface area contributed by atoms with Crippen molar-refractivity contribution in [2.45, 2.75) is 39.0 Å². The van der Waals surface area contributed by atoms with Gasteiger partial charge in [-0.3, -0.25) is 14.9 Å². The first-order valence-corrected chi connectivity index (χ1v) is 12.0. The van der Waals surface area contributed by atoms with Crippen molar-refractivity contribution in [1.29, 1.82) is 0 Å². The topological polar surface area (TPSA) is 92.5 Å². The van der Waals surface area contributed by atoms with Crippen LogP contribution in [0.25, 0.3) is 10.2 Å². The summed E-state index contributed by atoms with van der Waals surface area (Å²) < 4.78 is 0. The number of carbonyl (C=O) groups is 1. The first-order chi connectivity index (χ1) is 15.5. The molecule has 0 spiro atoms. The van der Waals surface area contributed by atoms with Gasteiger partial charge in [0.15, 0.2) is 0 Å². The number of rotatable bonds is 4. The van der Waals surface area contributed by atoms with Gasteiger partial charge in [-0.15, -0.1) is 11.3 Å². The van der Waals surface area contributed by atoms with Gasteiger partial charge in [-0.05, 0) is 43.4 Å². The molecule has 1 amide bonds. The molecule has 1 aliphatic heterocycles. The highest BCUT2D eigenvalue weighted by Gasteiger charge is 2.27. The minimum atomic E-state index is -0.455. The number of benzene rings is 1. The molecule has 1 saturated heterocycles. The molecule has 166 valence electrons. The number of fused-ring (bicyclic) bond motifs is 3. The Balaban J connectivity index is 1.37. The largest absolute Gasteiger partial charge is 0.352 e. The Bertz CT molecular complexity index is 1180. The monoisotopic (exact) mass is 451 g/mol. The van der Waals surface area contributed by atoms with E-state index < -0.39 is 4.92 Å². The first kappa shape index (κ1) is 20.8. The number of amides is 1. The molecule has 0 bridgehead atoms. The third-order valence-electron chi connectivity index (χ3n) is 6.35. The number of aromatic nitrogens is 2. The number of nitrogens with zero attached hydrogens (tertiary/aromatic N) is 5. The van der Waals surface area contributed by atoms with Gasteiger partial charge >= 0.3 is 0 Å². The number of nitro benzene ring substituents is 1. The number of hydrogen-bond acceptors (Lipinski definition) is 7. The van der Waals surface area contributed by atoms with E-state index in [1.807, 2.05) is 16.2 Å². The van der Waals surface area contributed by atoms with Crippen LogP contribution in [0.3, 0.4) is 0 Å². The minimum Gasteiger partial charge on any atom is -0.352 e. The summed E-state index contributed by atoms with van der Waals surface area (Å²) in [6.07, 6.45) is 5.48. The number of anilines is 1. The third kappa shape index (κ3) is 3.70. The van der Waals surface area contributed by atoms with Crippen molar-refractivity contribution in [2.75, 3.05) is 31.1 Å². The normalized spacial score (nSPS) is 16.3. The molecule has 0 unspecified atom stereocenters. The minimum absolute atomic E-state index is 0.00929. The van der Waals surface area contributed by atoms with Crippen LogP contribution >= 0.6 is 11.3 Å². The summed E-state index contributed by atoms with van der Waals surface area (Å²) in [5.74, 6) is 1.80. The Kier molecular flexibility index (Phi) is 5.50. The number of hydrogen-bond donors (Lipinski definition) is 0. The summed E-state index contributed by atoms with van der Waals surface area (Å²) in [7, 11) is 0. The Morgan fingerprint density at radius 3 is 2.50 bits per heavy atom. The van der Waals surface area contributed by atoms with Crippen LogP contribution in [0.2, 0.25) is 0 Å². The van der Waals surface area contributed by atoms with Gasteiger partial charge in [-0.2, -0.15) is 0 Å². The second-order valence-corrected chi connectivity index (χ2v) is 9.37. The summed E-state index contributed by atoms with van der Waals surface area (Å²) in [5.41, 5.74) is 1.90. The van der Waals surface area contributed by atoms with E-state index in [-0.39, 0.29) is 11.6 Å². The molecule has 0 N–H and O–H groups in total. The number of aryl methyl sites for hydroxylation is 3. The number of carbonyl (C=O) groups excluding carboxylic acids is 1. The van der Waals surface area contributed by atoms with Crippen molar-refractivity contribution < 1.29 is 9.72 Å². The molecule has 0 saturated carbocycles. The molecule has 3 heterocycles. The Morgan fingerprint density at radius 1 is 1.09 bits per heavy atom. The highest BCUT2D eigenvalue weighted by Crippen LogP contribution is 2.40. The maximum atomic E-state index is 12.9. The van der Waals surface area contributed by atoms with E-state index in [1.54, 1.807) is 0 Å². The van der Waals surface area contributed by atoms with E-state index in [2.05, 4.69) is 11.8 Å². The van der Waals surface area contributed by atoms with E-state index in [4.69, 9.17) is 9.97 Å². The van der Waals surface area contributed by atoms with Crippen LogP contribution < -0.4 is 4.90 Å². The molecular formula is C23H25N5O3S. The van der Waals surface area contributed by atoms with E-state index >= 15 is 0 Å². The fraction of sp³-hybridized carbons (Fsp3) is 0.435. The Hall–Kier alpha value is -3.07. The smallest absolute Gasteiger partial charge is 0.269 e. The molecule has 3 aromatic rings. The summed E-state index contributed by atoms with van der Waals surface area (Å²) in [5, 5.41) is 12.1. The van der Waals surface area contributed by atoms with Crippen LogP contribution in [0, 0.1) is 10.1 Å². The Labute approximate surface area is 190 Å². The van der Waals surface area contributed by atoms with Gasteiger partial charge in [0.05, 0.1) is 10.3 Å². The van der Waals surface area contributed by atoms with Gasteiger partial charge in [0.1, 0.15) is 16.5 Å². The molecule has 1 fully saturated rings. The van der Waals surface area contributed by atoms with E-state index in [1.165, 1.54) is 52.9 Å². The number of thiophene rings is 1. The van der Waals surface area contributed by atoms with E-state index in [0.29, 0.717) is 31.7 Å². The molecule has 1 aromatic carbocycles. The average Bonchev–Trinajstić information content (AvgIpc) is 3.21. The highest BCUT2D eigenvalue weighted by atomic mass is 32.1. The van der Waals surface area contributed by atoms with Crippen LogP contribution in [-0.4, -0.2) is 51.9 Å². The zero-order valence-corrected chi connectivity index (χ0v) is 18.9. The van der Waals surface area contributed by atoms with Crippen molar-refractivity contribution in [3.05, 3.63) is 56.2 Å². The summed E-state index contributed by atoms with van der Waals surface area (Å²) in [6.45, 7) is 4.68. The lowest BCUT2D eigenvalue weighted by molar-refractivity contribution is -0.384. The number of non-ortho nitro benzene ring substituents is 1. The van der Waals surface area contributed by atoms with Crippen LogP contribution in [0.1, 0.15) is 46.4 Å². The van der Waals surface area contributed by atoms with Crippen LogP contribution in [0.15, 0.2) is 24.3 Å². The molecular weight excluding hydrogens is 426 g/mol. The highest BCUT2D eigenvalue weighted by molar-refractivity contribution is 7.19. The molecule has 2 aromatic heterocycles. The SMILES string of the molecule is CCc1nc(N2CCN(C(=O)c3ccc([N+](=O)[O-])cc3)CC2)c2c3c(sc2n1)CCCC3. The van der Waals surface area contributed by atoms with Gasteiger partial charge in [0, 0.05) is 55.2 Å². The maximum absolute atomic E-state index is 12.9. The summed E-state index contributed by atoms with van der Waals surface area (Å²) in [4.78, 5) is 39.7. The van der Waals surface area contributed by atoms with Gasteiger partial charge in [0.2, 0.25) is 0 Å². The lowest BCUT2D eigenvalue weighted by Gasteiger charge is -2.36. The second kappa shape index (κ2) is 8.46. The molecule has 2 aliphatic rings. The fourth-order valence-electron chi connectivity index (χ4n) is 4.60. The maximum Gasteiger partial charge on any atom is 0.269 e. The second-order valence-electron chi connectivity index (χ2n) is 8.29. The van der Waals surface area contributed by atoms with Crippen LogP contribution in [0.4, 0.5) is 11.5 Å². The van der Waals surface area contributed by atoms with Gasteiger partial charge in [0.25, 0.3) is 11.6 Å². The van der Waals surface area contributed by atoms with E-state index in [9.17, 15) is 14.9 Å². The molecule has 9 heteroatoms. The summed E-state index contributed by atoms with van der Waals surface area (Å²) in [6, 6.07) is 5.83. The lowest BCUT2D eigenvalue weighted by Crippen LogP contribution is -2.49. The predicted octanol–water partition coefficient (Wildman–Crippen LogP) is 4.00. The predicted molar refractivity (Wildman–Crippen MR) is 125 cm³/mol. The quantitative estimate of drug-likeness (QED) is 0.440. The van der Waals surface area contributed by atoms with Crippen molar-refractivity contribution in [3.63, 3.8) is 0 Å². The van der Waals surface area contributed by atoms with Crippen molar-refractivity contribution in [2.24, 2.45) is 0 Å². The molecule has 32 heavy (non-hydrogen) atoms. The van der Waals surface area contributed by atoms with Gasteiger partial charge in [-0.25, -0.2) is 9.97 Å². The lowest BCUT2D eigenvalue weighted by atomic mass is 9.97. The zero-order valence-electron chi connectivity index (χ0n) is 18.0. The molecule has 0 atom stereocenters. The van der Waals surface area contributed by atoms with Gasteiger partial charge in [-0.1, -0.05) is 6.92 Å². The van der Waals surface area contributed by atoms with Crippen molar-refractivity contribution >= 4 is 39.0 Å².